The summed E-state index contributed by atoms with van der Waals surface area (Å²) in [5.41, 5.74) is 2.84. The van der Waals surface area contributed by atoms with E-state index in [1.165, 1.54) is 12.1 Å². The summed E-state index contributed by atoms with van der Waals surface area (Å²) in [6, 6.07) is 6.85. The van der Waals surface area contributed by atoms with Gasteiger partial charge in [-0.25, -0.2) is 4.39 Å². The van der Waals surface area contributed by atoms with Crippen LogP contribution in [0.15, 0.2) is 29.2 Å². The van der Waals surface area contributed by atoms with Crippen molar-refractivity contribution in [2.75, 3.05) is 5.75 Å². The van der Waals surface area contributed by atoms with Crippen molar-refractivity contribution in [1.29, 1.82) is 0 Å². The predicted molar refractivity (Wildman–Crippen MR) is 67.7 cm³/mol. The first kappa shape index (κ1) is 13.5. The van der Waals surface area contributed by atoms with Crippen LogP contribution in [-0.4, -0.2) is 11.8 Å². The molecule has 0 aromatic heterocycles. The van der Waals surface area contributed by atoms with E-state index in [1.54, 1.807) is 23.9 Å². The molecule has 1 rings (SSSR count). The zero-order valence-electron chi connectivity index (χ0n) is 9.74. The van der Waals surface area contributed by atoms with Gasteiger partial charge in [-0.3, -0.25) is 11.3 Å². The van der Waals surface area contributed by atoms with Gasteiger partial charge >= 0.3 is 0 Å². The Kier molecular flexibility index (Phi) is 5.80. The van der Waals surface area contributed by atoms with Crippen molar-refractivity contribution in [3.63, 3.8) is 0 Å². The van der Waals surface area contributed by atoms with E-state index in [4.69, 9.17) is 5.84 Å². The van der Waals surface area contributed by atoms with Crippen molar-refractivity contribution < 1.29 is 4.39 Å². The molecule has 1 aromatic rings. The lowest BCUT2D eigenvalue weighted by molar-refractivity contribution is 0.403. The van der Waals surface area contributed by atoms with Crippen LogP contribution in [0.4, 0.5) is 4.39 Å². The smallest absolute Gasteiger partial charge is 0.123 e. The van der Waals surface area contributed by atoms with Gasteiger partial charge in [0.1, 0.15) is 5.82 Å². The molecule has 0 saturated carbocycles. The average molecular weight is 242 g/mol. The first-order valence-electron chi connectivity index (χ1n) is 5.51. The summed E-state index contributed by atoms with van der Waals surface area (Å²) < 4.78 is 12.7. The molecule has 0 fully saturated rings. The van der Waals surface area contributed by atoms with Crippen molar-refractivity contribution in [3.8, 4) is 0 Å². The molecule has 2 atom stereocenters. The zero-order valence-corrected chi connectivity index (χ0v) is 10.6. The van der Waals surface area contributed by atoms with Crippen LogP contribution in [0.25, 0.3) is 0 Å². The molecule has 90 valence electrons. The van der Waals surface area contributed by atoms with Gasteiger partial charge < -0.3 is 0 Å². The molecular weight excluding hydrogens is 223 g/mol. The van der Waals surface area contributed by atoms with Gasteiger partial charge in [-0.15, -0.1) is 11.8 Å². The third-order valence-electron chi connectivity index (χ3n) is 2.79. The quantitative estimate of drug-likeness (QED) is 0.457. The molecule has 2 nitrogen and oxygen atoms in total. The molecule has 0 aliphatic heterocycles. The Morgan fingerprint density at radius 3 is 2.50 bits per heavy atom. The average Bonchev–Trinajstić information content (AvgIpc) is 2.31. The summed E-state index contributed by atoms with van der Waals surface area (Å²) in [6.07, 6.45) is 1.10. The van der Waals surface area contributed by atoms with Crippen molar-refractivity contribution >= 4 is 11.8 Å². The maximum Gasteiger partial charge on any atom is 0.123 e. The van der Waals surface area contributed by atoms with Crippen LogP contribution in [-0.2, 0) is 0 Å². The van der Waals surface area contributed by atoms with Crippen LogP contribution >= 0.6 is 11.8 Å². The highest BCUT2D eigenvalue weighted by Crippen LogP contribution is 2.21. The molecule has 16 heavy (non-hydrogen) atoms. The molecule has 0 saturated heterocycles. The summed E-state index contributed by atoms with van der Waals surface area (Å²) in [4.78, 5) is 1.07. The van der Waals surface area contributed by atoms with Gasteiger partial charge in [0.15, 0.2) is 0 Å². The van der Waals surface area contributed by atoms with Crippen LogP contribution < -0.4 is 11.3 Å². The standard InChI is InChI=1S/C12H19FN2S/c1-3-9(2)12(15-14)8-16-11-6-4-10(13)5-7-11/h4-7,9,12,15H,3,8,14H2,1-2H3. The lowest BCUT2D eigenvalue weighted by atomic mass is 10.0. The Hall–Kier alpha value is -0.580. The fourth-order valence-electron chi connectivity index (χ4n) is 1.38. The van der Waals surface area contributed by atoms with Crippen molar-refractivity contribution in [2.24, 2.45) is 11.8 Å². The van der Waals surface area contributed by atoms with E-state index >= 15 is 0 Å². The van der Waals surface area contributed by atoms with E-state index in [0.717, 1.165) is 17.1 Å². The number of hydrogen-bond donors (Lipinski definition) is 2. The summed E-state index contributed by atoms with van der Waals surface area (Å²) in [7, 11) is 0. The monoisotopic (exact) mass is 242 g/mol. The number of nitrogens with one attached hydrogen (secondary N) is 1. The molecule has 0 radical (unpaired) electrons. The second-order valence-corrected chi connectivity index (χ2v) is 5.02. The van der Waals surface area contributed by atoms with E-state index in [9.17, 15) is 4.39 Å². The fraction of sp³-hybridized carbons (Fsp3) is 0.500. The third kappa shape index (κ3) is 4.12. The van der Waals surface area contributed by atoms with E-state index in [1.807, 2.05) is 0 Å². The molecule has 3 N–H and O–H groups in total. The molecule has 4 heteroatoms. The SMILES string of the molecule is CCC(C)C(CSc1ccc(F)cc1)NN. The molecule has 0 aliphatic rings. The second-order valence-electron chi connectivity index (χ2n) is 3.92. The van der Waals surface area contributed by atoms with Gasteiger partial charge in [-0.2, -0.15) is 0 Å². The fourth-order valence-corrected chi connectivity index (χ4v) is 2.50. The number of hydrogen-bond acceptors (Lipinski definition) is 3. The number of hydrazine groups is 1. The molecule has 2 unspecified atom stereocenters. The van der Waals surface area contributed by atoms with Crippen LogP contribution in [0.2, 0.25) is 0 Å². The topological polar surface area (TPSA) is 38.0 Å². The number of thioether (sulfide) groups is 1. The van der Waals surface area contributed by atoms with E-state index in [-0.39, 0.29) is 5.82 Å². The number of rotatable bonds is 6. The molecular formula is C12H19FN2S. The maximum atomic E-state index is 12.7. The van der Waals surface area contributed by atoms with Crippen LogP contribution in [0.1, 0.15) is 20.3 Å². The first-order valence-corrected chi connectivity index (χ1v) is 6.50. The van der Waals surface area contributed by atoms with Crippen LogP contribution in [0.3, 0.4) is 0 Å². The number of nitrogens with two attached hydrogens (primary N) is 1. The van der Waals surface area contributed by atoms with Crippen LogP contribution in [0, 0.1) is 11.7 Å². The lowest BCUT2D eigenvalue weighted by Crippen LogP contribution is -2.41. The Balaban J connectivity index is 2.46. The predicted octanol–water partition coefficient (Wildman–Crippen LogP) is 2.80. The Bertz CT molecular complexity index is 302. The summed E-state index contributed by atoms with van der Waals surface area (Å²) >= 11 is 1.70. The van der Waals surface area contributed by atoms with E-state index < -0.39 is 0 Å². The normalized spacial score (nSPS) is 14.8. The molecule has 0 heterocycles. The molecule has 0 amide bonds. The van der Waals surface area contributed by atoms with Gasteiger partial charge in [0.2, 0.25) is 0 Å². The minimum atomic E-state index is -0.195. The van der Waals surface area contributed by atoms with Gasteiger partial charge in [0.25, 0.3) is 0 Å². The highest BCUT2D eigenvalue weighted by atomic mass is 32.2. The van der Waals surface area contributed by atoms with Gasteiger partial charge in [-0.05, 0) is 30.2 Å². The Morgan fingerprint density at radius 1 is 1.38 bits per heavy atom. The molecule has 1 aromatic carbocycles. The maximum absolute atomic E-state index is 12.7. The van der Waals surface area contributed by atoms with E-state index in [0.29, 0.717) is 12.0 Å². The van der Waals surface area contributed by atoms with E-state index in [2.05, 4.69) is 19.3 Å². The van der Waals surface area contributed by atoms with Crippen LogP contribution in [0.5, 0.6) is 0 Å². The Labute approximate surface area is 101 Å². The molecule has 0 aliphatic carbocycles. The minimum absolute atomic E-state index is 0.195. The minimum Gasteiger partial charge on any atom is -0.271 e. The van der Waals surface area contributed by atoms with Gasteiger partial charge in [0, 0.05) is 16.7 Å². The second kappa shape index (κ2) is 6.89. The summed E-state index contributed by atoms with van der Waals surface area (Å²) in [5, 5.41) is 0. The highest BCUT2D eigenvalue weighted by Gasteiger charge is 2.14. The first-order chi connectivity index (χ1) is 7.67. The molecule has 0 spiro atoms. The number of halogens is 1. The lowest BCUT2D eigenvalue weighted by Gasteiger charge is -2.21. The zero-order chi connectivity index (χ0) is 12.0. The number of benzene rings is 1. The molecule has 0 bridgehead atoms. The van der Waals surface area contributed by atoms with Crippen molar-refractivity contribution in [3.05, 3.63) is 30.1 Å². The van der Waals surface area contributed by atoms with Crippen molar-refractivity contribution in [1.82, 2.24) is 5.43 Å². The Morgan fingerprint density at radius 2 is 2.00 bits per heavy atom. The van der Waals surface area contributed by atoms with Crippen molar-refractivity contribution in [2.45, 2.75) is 31.2 Å². The third-order valence-corrected chi connectivity index (χ3v) is 3.92. The van der Waals surface area contributed by atoms with Gasteiger partial charge in [0.05, 0.1) is 0 Å². The van der Waals surface area contributed by atoms with Gasteiger partial charge in [-0.1, -0.05) is 20.3 Å². The largest absolute Gasteiger partial charge is 0.271 e. The highest BCUT2D eigenvalue weighted by molar-refractivity contribution is 7.99. The summed E-state index contributed by atoms with van der Waals surface area (Å²) in [6.45, 7) is 4.33. The summed E-state index contributed by atoms with van der Waals surface area (Å²) in [5.74, 6) is 6.76.